The quantitative estimate of drug-likeness (QED) is 0.453. The van der Waals surface area contributed by atoms with Crippen LogP contribution < -0.4 is 14.8 Å². The van der Waals surface area contributed by atoms with Crippen LogP contribution in [-0.2, 0) is 9.63 Å². The minimum atomic E-state index is -1.13. The molecule has 31 heavy (non-hydrogen) atoms. The minimum Gasteiger partial charge on any atom is -0.436 e. The van der Waals surface area contributed by atoms with Gasteiger partial charge in [0.1, 0.15) is 36.6 Å². The Hall–Kier alpha value is -4.15. The lowest BCUT2D eigenvalue weighted by molar-refractivity contribution is -0.114. The topological polar surface area (TPSA) is 94.9 Å². The predicted molar refractivity (Wildman–Crippen MR) is 103 cm³/mol. The SMILES string of the molecule is CNC(=O)C(=NOC)c1ccc(F)cc1Oc1ncnc(Oc2cccc(F)c2)c1F. The van der Waals surface area contributed by atoms with Crippen LogP contribution in [-0.4, -0.2) is 35.7 Å². The van der Waals surface area contributed by atoms with Gasteiger partial charge >= 0.3 is 0 Å². The van der Waals surface area contributed by atoms with Crippen LogP contribution in [0, 0.1) is 17.5 Å². The van der Waals surface area contributed by atoms with Gasteiger partial charge in [-0.15, -0.1) is 0 Å². The van der Waals surface area contributed by atoms with Crippen LogP contribution in [0.1, 0.15) is 5.56 Å². The van der Waals surface area contributed by atoms with Gasteiger partial charge in [0.05, 0.1) is 5.56 Å². The van der Waals surface area contributed by atoms with Gasteiger partial charge in [0.15, 0.2) is 5.71 Å². The normalized spacial score (nSPS) is 11.1. The smallest absolute Gasteiger partial charge is 0.273 e. The van der Waals surface area contributed by atoms with E-state index in [0.717, 1.165) is 24.5 Å². The number of benzene rings is 2. The van der Waals surface area contributed by atoms with Gasteiger partial charge in [-0.1, -0.05) is 11.2 Å². The Balaban J connectivity index is 1.98. The summed E-state index contributed by atoms with van der Waals surface area (Å²) < 4.78 is 52.7. The van der Waals surface area contributed by atoms with E-state index in [4.69, 9.17) is 9.47 Å². The summed E-state index contributed by atoms with van der Waals surface area (Å²) in [5.74, 6) is -4.56. The highest BCUT2D eigenvalue weighted by Crippen LogP contribution is 2.32. The first kappa shape index (κ1) is 21.6. The van der Waals surface area contributed by atoms with Crippen LogP contribution in [0.5, 0.6) is 23.3 Å². The van der Waals surface area contributed by atoms with Crippen LogP contribution in [0.15, 0.2) is 53.9 Å². The summed E-state index contributed by atoms with van der Waals surface area (Å²) in [4.78, 5) is 24.1. The van der Waals surface area contributed by atoms with E-state index >= 15 is 0 Å². The fourth-order valence-electron chi connectivity index (χ4n) is 2.43. The molecule has 0 atom stereocenters. The zero-order valence-corrected chi connectivity index (χ0v) is 16.2. The van der Waals surface area contributed by atoms with Gasteiger partial charge in [0, 0.05) is 19.2 Å². The summed E-state index contributed by atoms with van der Waals surface area (Å²) in [5.41, 5.74) is -0.237. The molecule has 0 aliphatic carbocycles. The van der Waals surface area contributed by atoms with Gasteiger partial charge in [-0.2, -0.15) is 14.4 Å². The van der Waals surface area contributed by atoms with E-state index in [9.17, 15) is 18.0 Å². The zero-order chi connectivity index (χ0) is 22.4. The molecule has 0 unspecified atom stereocenters. The lowest BCUT2D eigenvalue weighted by Gasteiger charge is -2.13. The van der Waals surface area contributed by atoms with Crippen LogP contribution >= 0.6 is 0 Å². The van der Waals surface area contributed by atoms with Crippen molar-refractivity contribution in [1.82, 2.24) is 15.3 Å². The number of aromatic nitrogens is 2. The number of nitrogens with zero attached hydrogens (tertiary/aromatic N) is 3. The van der Waals surface area contributed by atoms with Crippen molar-refractivity contribution in [2.75, 3.05) is 14.2 Å². The monoisotopic (exact) mass is 432 g/mol. The molecule has 1 N–H and O–H groups in total. The highest BCUT2D eigenvalue weighted by atomic mass is 19.1. The maximum absolute atomic E-state index is 14.9. The Morgan fingerprint density at radius 1 is 1.00 bits per heavy atom. The molecule has 1 heterocycles. The molecule has 0 saturated heterocycles. The Morgan fingerprint density at radius 3 is 2.39 bits per heavy atom. The molecule has 0 aliphatic heterocycles. The summed E-state index contributed by atoms with van der Waals surface area (Å²) in [5, 5.41) is 5.97. The molecule has 1 aromatic heterocycles. The summed E-state index contributed by atoms with van der Waals surface area (Å²) in [6, 6.07) is 8.17. The molecule has 0 fully saturated rings. The third-order valence-electron chi connectivity index (χ3n) is 3.77. The van der Waals surface area contributed by atoms with Gasteiger partial charge in [0.2, 0.25) is 5.82 Å². The van der Waals surface area contributed by atoms with E-state index in [1.54, 1.807) is 0 Å². The zero-order valence-electron chi connectivity index (χ0n) is 16.2. The molecular formula is C20H15F3N4O4. The van der Waals surface area contributed by atoms with Crippen LogP contribution in [0.25, 0.3) is 0 Å². The van der Waals surface area contributed by atoms with Crippen LogP contribution in [0.2, 0.25) is 0 Å². The third-order valence-corrected chi connectivity index (χ3v) is 3.77. The molecule has 0 aliphatic rings. The molecule has 0 radical (unpaired) electrons. The first-order valence-electron chi connectivity index (χ1n) is 8.68. The number of likely N-dealkylation sites (N-methyl/N-ethyl adjacent to an activating group) is 1. The van der Waals surface area contributed by atoms with Crippen molar-refractivity contribution in [3.63, 3.8) is 0 Å². The van der Waals surface area contributed by atoms with Crippen molar-refractivity contribution in [1.29, 1.82) is 0 Å². The van der Waals surface area contributed by atoms with Crippen molar-refractivity contribution in [3.8, 4) is 23.3 Å². The number of carbonyl (C=O) groups is 1. The number of oxime groups is 1. The molecule has 0 spiro atoms. The molecule has 0 saturated carbocycles. The number of halogens is 3. The maximum atomic E-state index is 14.9. The number of amides is 1. The molecule has 160 valence electrons. The highest BCUT2D eigenvalue weighted by Gasteiger charge is 2.22. The van der Waals surface area contributed by atoms with Crippen molar-refractivity contribution in [2.45, 2.75) is 0 Å². The predicted octanol–water partition coefficient (Wildman–Crippen LogP) is 3.58. The highest BCUT2D eigenvalue weighted by molar-refractivity contribution is 6.45. The molecule has 1 amide bonds. The van der Waals surface area contributed by atoms with Crippen molar-refractivity contribution in [3.05, 3.63) is 71.8 Å². The fourth-order valence-corrected chi connectivity index (χ4v) is 2.43. The van der Waals surface area contributed by atoms with Gasteiger partial charge in [-0.25, -0.2) is 8.78 Å². The molecule has 11 heteroatoms. The van der Waals surface area contributed by atoms with Gasteiger partial charge < -0.3 is 19.6 Å². The second-order valence-electron chi connectivity index (χ2n) is 5.80. The van der Waals surface area contributed by atoms with Gasteiger partial charge in [-0.3, -0.25) is 4.79 Å². The lowest BCUT2D eigenvalue weighted by Crippen LogP contribution is -2.29. The van der Waals surface area contributed by atoms with Gasteiger partial charge in [0.25, 0.3) is 17.7 Å². The number of nitrogens with one attached hydrogen (secondary N) is 1. The average Bonchev–Trinajstić information content (AvgIpc) is 2.75. The minimum absolute atomic E-state index is 0.00760. The molecule has 3 aromatic rings. The number of carbonyl (C=O) groups excluding carboxylic acids is 1. The lowest BCUT2D eigenvalue weighted by atomic mass is 10.1. The Kier molecular flexibility index (Phi) is 6.65. The molecule has 3 rings (SSSR count). The Bertz CT molecular complexity index is 1140. The average molecular weight is 432 g/mol. The summed E-state index contributed by atoms with van der Waals surface area (Å²) in [7, 11) is 2.57. The molecule has 0 bridgehead atoms. The molecular weight excluding hydrogens is 417 g/mol. The van der Waals surface area contributed by atoms with E-state index in [-0.39, 0.29) is 22.8 Å². The van der Waals surface area contributed by atoms with E-state index < -0.39 is 35.1 Å². The van der Waals surface area contributed by atoms with Crippen molar-refractivity contribution < 1.29 is 32.3 Å². The Morgan fingerprint density at radius 2 is 1.71 bits per heavy atom. The number of hydrogen-bond donors (Lipinski definition) is 1. The number of ether oxygens (including phenoxy) is 2. The first-order chi connectivity index (χ1) is 14.9. The van der Waals surface area contributed by atoms with E-state index in [1.165, 1.54) is 38.4 Å². The molecule has 8 nitrogen and oxygen atoms in total. The summed E-state index contributed by atoms with van der Waals surface area (Å²) in [6.45, 7) is 0. The van der Waals surface area contributed by atoms with Crippen molar-refractivity contribution in [2.24, 2.45) is 5.16 Å². The second-order valence-corrected chi connectivity index (χ2v) is 5.80. The third kappa shape index (κ3) is 5.07. The second kappa shape index (κ2) is 9.57. The van der Waals surface area contributed by atoms with Crippen LogP contribution in [0.3, 0.4) is 0 Å². The summed E-state index contributed by atoms with van der Waals surface area (Å²) in [6.07, 6.45) is 0.939. The van der Waals surface area contributed by atoms with Gasteiger partial charge in [-0.05, 0) is 24.3 Å². The maximum Gasteiger partial charge on any atom is 0.273 e. The molecule has 2 aromatic carbocycles. The Labute approximate surface area is 174 Å². The van der Waals surface area contributed by atoms with E-state index in [0.29, 0.717) is 0 Å². The number of rotatable bonds is 7. The van der Waals surface area contributed by atoms with E-state index in [2.05, 4.69) is 25.3 Å². The largest absolute Gasteiger partial charge is 0.436 e. The van der Waals surface area contributed by atoms with E-state index in [1.807, 2.05) is 0 Å². The number of hydrogen-bond acceptors (Lipinski definition) is 7. The first-order valence-corrected chi connectivity index (χ1v) is 8.68. The van der Waals surface area contributed by atoms with Crippen LogP contribution in [0.4, 0.5) is 13.2 Å². The summed E-state index contributed by atoms with van der Waals surface area (Å²) >= 11 is 0. The van der Waals surface area contributed by atoms with Crippen molar-refractivity contribution >= 4 is 11.6 Å². The standard InChI is InChI=1S/C20H15F3N4O4/c1-24-18(28)17(27-29-2)14-7-6-12(22)9-15(14)31-20-16(23)19(25-10-26-20)30-13-5-3-4-11(21)8-13/h3-10H,1-2H3,(H,24,28). The fraction of sp³-hybridized carbons (Fsp3) is 0.100.